The second-order valence-electron chi connectivity index (χ2n) is 5.67. The maximum absolute atomic E-state index is 5.94. The first-order chi connectivity index (χ1) is 9.79. The van der Waals surface area contributed by atoms with Crippen molar-refractivity contribution in [1.29, 1.82) is 0 Å². The molecular formula is C17H21BrN2. The molecule has 20 heavy (non-hydrogen) atoms. The number of nitrogens with two attached hydrogens (primary N) is 1. The summed E-state index contributed by atoms with van der Waals surface area (Å²) >= 11 is 3.63. The Hall–Kier alpha value is -1.06. The van der Waals surface area contributed by atoms with Crippen LogP contribution in [0.3, 0.4) is 0 Å². The smallest absolute Gasteiger partial charge is 0.0422 e. The van der Waals surface area contributed by atoms with Gasteiger partial charge in [0.05, 0.1) is 0 Å². The monoisotopic (exact) mass is 332 g/mol. The molecule has 2 unspecified atom stereocenters. The fourth-order valence-electron chi connectivity index (χ4n) is 3.27. The standard InChI is InChI=1S/C17H21BrN2/c18-15-9-10-17(14-7-3-2-6-13(14)15)20-16-8-4-1-5-12(16)11-19/h2-3,6-7,9-10,12,16,20H,1,4-5,8,11,19H2. The van der Waals surface area contributed by atoms with Gasteiger partial charge in [-0.2, -0.15) is 0 Å². The number of hydrogen-bond acceptors (Lipinski definition) is 2. The number of benzene rings is 2. The molecule has 0 aliphatic heterocycles. The minimum absolute atomic E-state index is 0.512. The van der Waals surface area contributed by atoms with Crippen LogP contribution in [-0.4, -0.2) is 12.6 Å². The zero-order valence-corrected chi connectivity index (χ0v) is 13.2. The van der Waals surface area contributed by atoms with Gasteiger partial charge >= 0.3 is 0 Å². The topological polar surface area (TPSA) is 38.0 Å². The number of fused-ring (bicyclic) bond motifs is 1. The molecule has 3 rings (SSSR count). The van der Waals surface area contributed by atoms with Crippen LogP contribution in [0.5, 0.6) is 0 Å². The average molecular weight is 333 g/mol. The van der Waals surface area contributed by atoms with E-state index in [0.717, 1.165) is 11.0 Å². The fraction of sp³-hybridized carbons (Fsp3) is 0.412. The molecule has 2 aromatic carbocycles. The summed E-state index contributed by atoms with van der Waals surface area (Å²) < 4.78 is 1.15. The maximum Gasteiger partial charge on any atom is 0.0422 e. The summed E-state index contributed by atoms with van der Waals surface area (Å²) in [6.45, 7) is 0.784. The van der Waals surface area contributed by atoms with Crippen molar-refractivity contribution in [3.05, 3.63) is 40.9 Å². The highest BCUT2D eigenvalue weighted by molar-refractivity contribution is 9.10. The molecule has 0 heterocycles. The van der Waals surface area contributed by atoms with Crippen molar-refractivity contribution >= 4 is 32.4 Å². The van der Waals surface area contributed by atoms with Gasteiger partial charge in [0.25, 0.3) is 0 Å². The summed E-state index contributed by atoms with van der Waals surface area (Å²) in [5.41, 5.74) is 7.17. The third-order valence-electron chi connectivity index (χ3n) is 4.42. The molecule has 2 atom stereocenters. The van der Waals surface area contributed by atoms with E-state index < -0.39 is 0 Å². The summed E-state index contributed by atoms with van der Waals surface area (Å²) in [5.74, 6) is 0.603. The number of nitrogens with one attached hydrogen (secondary N) is 1. The largest absolute Gasteiger partial charge is 0.381 e. The van der Waals surface area contributed by atoms with Gasteiger partial charge in [-0.25, -0.2) is 0 Å². The predicted molar refractivity (Wildman–Crippen MR) is 90.1 cm³/mol. The van der Waals surface area contributed by atoms with E-state index in [9.17, 15) is 0 Å². The van der Waals surface area contributed by atoms with Gasteiger partial charge in [0.1, 0.15) is 0 Å². The molecule has 106 valence electrons. The van der Waals surface area contributed by atoms with Gasteiger partial charge in [-0.3, -0.25) is 0 Å². The van der Waals surface area contributed by atoms with Crippen molar-refractivity contribution in [1.82, 2.24) is 0 Å². The normalized spacial score (nSPS) is 22.9. The number of rotatable bonds is 3. The molecule has 1 fully saturated rings. The van der Waals surface area contributed by atoms with Gasteiger partial charge in [-0.15, -0.1) is 0 Å². The Labute approximate surface area is 128 Å². The second kappa shape index (κ2) is 6.15. The Kier molecular flexibility index (Phi) is 4.27. The van der Waals surface area contributed by atoms with Gasteiger partial charge in [-0.1, -0.05) is 53.0 Å². The van der Waals surface area contributed by atoms with Crippen LogP contribution >= 0.6 is 15.9 Å². The molecule has 0 saturated heterocycles. The maximum atomic E-state index is 5.94. The van der Waals surface area contributed by atoms with Crippen molar-refractivity contribution in [2.75, 3.05) is 11.9 Å². The Bertz CT molecular complexity index is 597. The van der Waals surface area contributed by atoms with Crippen molar-refractivity contribution in [3.63, 3.8) is 0 Å². The molecule has 2 aromatic rings. The summed E-state index contributed by atoms with van der Waals surface area (Å²) in [7, 11) is 0. The van der Waals surface area contributed by atoms with E-state index in [1.165, 1.54) is 42.1 Å². The number of anilines is 1. The number of hydrogen-bond donors (Lipinski definition) is 2. The predicted octanol–water partition coefficient (Wildman–Crippen LogP) is 4.53. The molecule has 3 N–H and O–H groups in total. The minimum Gasteiger partial charge on any atom is -0.381 e. The lowest BCUT2D eigenvalue weighted by Gasteiger charge is -2.32. The Morgan fingerprint density at radius 3 is 2.60 bits per heavy atom. The molecule has 1 saturated carbocycles. The molecule has 1 aliphatic carbocycles. The number of halogens is 1. The van der Waals surface area contributed by atoms with E-state index in [4.69, 9.17) is 5.73 Å². The summed E-state index contributed by atoms with van der Waals surface area (Å²) in [4.78, 5) is 0. The minimum atomic E-state index is 0.512. The quantitative estimate of drug-likeness (QED) is 0.866. The fourth-order valence-corrected chi connectivity index (χ4v) is 3.75. The van der Waals surface area contributed by atoms with Gasteiger partial charge in [0.2, 0.25) is 0 Å². The van der Waals surface area contributed by atoms with E-state index in [1.807, 2.05) is 0 Å². The van der Waals surface area contributed by atoms with Crippen LogP contribution in [0, 0.1) is 5.92 Å². The van der Waals surface area contributed by atoms with E-state index in [2.05, 4.69) is 57.6 Å². The molecule has 3 heteroatoms. The lowest BCUT2D eigenvalue weighted by Crippen LogP contribution is -2.36. The Morgan fingerprint density at radius 2 is 1.80 bits per heavy atom. The SMILES string of the molecule is NCC1CCCCC1Nc1ccc(Br)c2ccccc12. The molecule has 1 aliphatic rings. The molecular weight excluding hydrogens is 312 g/mol. The highest BCUT2D eigenvalue weighted by atomic mass is 79.9. The first kappa shape index (κ1) is 13.9. The van der Waals surface area contributed by atoms with Crippen LogP contribution in [0.15, 0.2) is 40.9 Å². The molecule has 0 bridgehead atoms. The van der Waals surface area contributed by atoms with Crippen molar-refractivity contribution < 1.29 is 0 Å². The highest BCUT2D eigenvalue weighted by Crippen LogP contribution is 2.33. The van der Waals surface area contributed by atoms with Crippen LogP contribution in [0.4, 0.5) is 5.69 Å². The summed E-state index contributed by atoms with van der Waals surface area (Å²) in [5, 5.41) is 6.29. The zero-order chi connectivity index (χ0) is 13.9. The Balaban J connectivity index is 1.92. The first-order valence-corrected chi connectivity index (χ1v) is 8.23. The molecule has 0 aromatic heterocycles. The molecule has 0 spiro atoms. The van der Waals surface area contributed by atoms with E-state index >= 15 is 0 Å². The zero-order valence-electron chi connectivity index (χ0n) is 11.6. The summed E-state index contributed by atoms with van der Waals surface area (Å²) in [6, 6.07) is 13.3. The second-order valence-corrected chi connectivity index (χ2v) is 6.53. The van der Waals surface area contributed by atoms with Crippen LogP contribution < -0.4 is 11.1 Å². The third kappa shape index (κ3) is 2.70. The lowest BCUT2D eigenvalue weighted by molar-refractivity contribution is 0.333. The van der Waals surface area contributed by atoms with Crippen LogP contribution in [0.25, 0.3) is 10.8 Å². The van der Waals surface area contributed by atoms with Crippen LogP contribution in [0.1, 0.15) is 25.7 Å². The third-order valence-corrected chi connectivity index (χ3v) is 5.12. The molecule has 2 nitrogen and oxygen atoms in total. The Morgan fingerprint density at radius 1 is 1.05 bits per heavy atom. The van der Waals surface area contributed by atoms with Gasteiger partial charge in [-0.05, 0) is 42.8 Å². The van der Waals surface area contributed by atoms with Gasteiger partial charge < -0.3 is 11.1 Å². The summed E-state index contributed by atoms with van der Waals surface area (Å²) in [6.07, 6.45) is 5.11. The molecule has 0 amide bonds. The van der Waals surface area contributed by atoms with Crippen LogP contribution in [-0.2, 0) is 0 Å². The highest BCUT2D eigenvalue weighted by Gasteiger charge is 2.24. The van der Waals surface area contributed by atoms with E-state index in [1.54, 1.807) is 0 Å². The van der Waals surface area contributed by atoms with E-state index in [-0.39, 0.29) is 0 Å². The average Bonchev–Trinajstić information content (AvgIpc) is 2.51. The lowest BCUT2D eigenvalue weighted by atomic mass is 9.84. The van der Waals surface area contributed by atoms with Gasteiger partial charge in [0.15, 0.2) is 0 Å². The van der Waals surface area contributed by atoms with Crippen LogP contribution in [0.2, 0.25) is 0 Å². The first-order valence-electron chi connectivity index (χ1n) is 7.43. The van der Waals surface area contributed by atoms with Crippen molar-refractivity contribution in [2.24, 2.45) is 11.7 Å². The molecule has 0 radical (unpaired) electrons. The van der Waals surface area contributed by atoms with Crippen molar-refractivity contribution in [2.45, 2.75) is 31.7 Å². The van der Waals surface area contributed by atoms with E-state index in [0.29, 0.717) is 12.0 Å². The van der Waals surface area contributed by atoms with Crippen molar-refractivity contribution in [3.8, 4) is 0 Å². The van der Waals surface area contributed by atoms with Gasteiger partial charge in [0, 0.05) is 21.6 Å².